The van der Waals surface area contributed by atoms with E-state index in [1.807, 2.05) is 12.1 Å². The van der Waals surface area contributed by atoms with Gasteiger partial charge >= 0.3 is 0 Å². The molecular weight excluding hydrogens is 263 g/mol. The molecule has 0 saturated heterocycles. The summed E-state index contributed by atoms with van der Waals surface area (Å²) in [6.07, 6.45) is 10.7. The molecule has 0 saturated carbocycles. The Morgan fingerprint density at radius 2 is 1.39 bits per heavy atom. The van der Waals surface area contributed by atoms with Gasteiger partial charge < -0.3 is 0 Å². The van der Waals surface area contributed by atoms with E-state index >= 15 is 0 Å². The highest BCUT2D eigenvalue weighted by molar-refractivity contribution is 6.44. The maximum Gasteiger partial charge on any atom is 0.132 e. The first-order chi connectivity index (χ1) is 8.74. The molecule has 1 aromatic carbocycles. The van der Waals surface area contributed by atoms with E-state index in [9.17, 15) is 0 Å². The fourth-order valence-electron chi connectivity index (χ4n) is 2.12. The van der Waals surface area contributed by atoms with E-state index < -0.39 is 4.84 Å². The molecule has 0 bridgehead atoms. The molecule has 0 heterocycles. The Kier molecular flexibility index (Phi) is 8.54. The average molecular weight is 287 g/mol. The third kappa shape index (κ3) is 6.66. The van der Waals surface area contributed by atoms with E-state index in [4.69, 9.17) is 23.2 Å². The summed E-state index contributed by atoms with van der Waals surface area (Å²) >= 11 is 11.6. The summed E-state index contributed by atoms with van der Waals surface area (Å²) < 4.78 is 0. The molecular formula is C16H24Cl2. The molecule has 1 rings (SSSR count). The third-order valence-electron chi connectivity index (χ3n) is 3.30. The first-order valence-electron chi connectivity index (χ1n) is 7.11. The van der Waals surface area contributed by atoms with Gasteiger partial charge in [-0.1, -0.05) is 69.7 Å². The number of hydrogen-bond donors (Lipinski definition) is 0. The summed E-state index contributed by atoms with van der Waals surface area (Å²) in [5, 5.41) is 0. The third-order valence-corrected chi connectivity index (χ3v) is 3.80. The second-order valence-corrected chi connectivity index (χ2v) is 6.01. The number of unbranched alkanes of at least 4 members (excludes halogenated alkanes) is 6. The predicted octanol–water partition coefficient (Wildman–Crippen LogP) is 6.46. The topological polar surface area (TPSA) is 0 Å². The van der Waals surface area contributed by atoms with Gasteiger partial charge in [0.15, 0.2) is 0 Å². The van der Waals surface area contributed by atoms with Gasteiger partial charge in [-0.15, -0.1) is 23.2 Å². The number of alkyl halides is 2. The Hall–Kier alpha value is -0.200. The van der Waals surface area contributed by atoms with Gasteiger partial charge in [0.2, 0.25) is 0 Å². The van der Waals surface area contributed by atoms with E-state index in [2.05, 4.69) is 19.1 Å². The normalized spacial score (nSPS) is 11.1. The molecule has 0 amide bonds. The molecule has 0 aromatic heterocycles. The number of halogens is 2. The smallest absolute Gasteiger partial charge is 0.100 e. The minimum Gasteiger partial charge on any atom is -0.100 e. The SMILES string of the molecule is CCCCCCCCCc1ccc(C(Cl)Cl)cc1. The average Bonchev–Trinajstić information content (AvgIpc) is 2.38. The van der Waals surface area contributed by atoms with Crippen LogP contribution >= 0.6 is 23.2 Å². The zero-order valence-corrected chi connectivity index (χ0v) is 12.8. The summed E-state index contributed by atoms with van der Waals surface area (Å²) in [7, 11) is 0. The quantitative estimate of drug-likeness (QED) is 0.361. The van der Waals surface area contributed by atoms with Crippen molar-refractivity contribution in [2.75, 3.05) is 0 Å². The van der Waals surface area contributed by atoms with Crippen molar-refractivity contribution in [3.05, 3.63) is 35.4 Å². The Labute approximate surface area is 122 Å². The van der Waals surface area contributed by atoms with Crippen molar-refractivity contribution in [2.24, 2.45) is 0 Å². The summed E-state index contributed by atoms with van der Waals surface area (Å²) in [4.78, 5) is -0.405. The van der Waals surface area contributed by atoms with Crippen LogP contribution in [-0.2, 0) is 6.42 Å². The van der Waals surface area contributed by atoms with Crippen LogP contribution in [0.25, 0.3) is 0 Å². The van der Waals surface area contributed by atoms with Crippen molar-refractivity contribution in [1.82, 2.24) is 0 Å². The van der Waals surface area contributed by atoms with Crippen LogP contribution in [0, 0.1) is 0 Å². The molecule has 0 N–H and O–H groups in total. The molecule has 18 heavy (non-hydrogen) atoms. The molecule has 0 nitrogen and oxygen atoms in total. The lowest BCUT2D eigenvalue weighted by Crippen LogP contribution is -1.88. The summed E-state index contributed by atoms with van der Waals surface area (Å²) in [5.74, 6) is 0. The number of hydrogen-bond acceptors (Lipinski definition) is 0. The molecule has 0 aliphatic carbocycles. The molecule has 1 aromatic rings. The van der Waals surface area contributed by atoms with Gasteiger partial charge in [-0.25, -0.2) is 0 Å². The van der Waals surface area contributed by atoms with Crippen LogP contribution < -0.4 is 0 Å². The van der Waals surface area contributed by atoms with Crippen molar-refractivity contribution < 1.29 is 0 Å². The number of benzene rings is 1. The molecule has 0 aliphatic rings. The Morgan fingerprint density at radius 3 is 1.94 bits per heavy atom. The lowest BCUT2D eigenvalue weighted by molar-refractivity contribution is 0.589. The highest BCUT2D eigenvalue weighted by Gasteiger charge is 2.02. The van der Waals surface area contributed by atoms with Crippen LogP contribution in [0.3, 0.4) is 0 Å². The van der Waals surface area contributed by atoms with Gasteiger partial charge in [0.05, 0.1) is 0 Å². The van der Waals surface area contributed by atoms with Crippen LogP contribution in [0.4, 0.5) is 0 Å². The Bertz CT molecular complexity index is 303. The lowest BCUT2D eigenvalue weighted by atomic mass is 10.0. The Morgan fingerprint density at radius 1 is 0.833 bits per heavy atom. The standard InChI is InChI=1S/C16H24Cl2/c1-2-3-4-5-6-7-8-9-14-10-12-15(13-11-14)16(17)18/h10-13,16H,2-9H2,1H3. The second kappa shape index (κ2) is 9.69. The highest BCUT2D eigenvalue weighted by Crippen LogP contribution is 2.24. The number of rotatable bonds is 9. The summed E-state index contributed by atoms with van der Waals surface area (Å²) in [6, 6.07) is 8.34. The second-order valence-electron chi connectivity index (χ2n) is 4.91. The molecule has 0 radical (unpaired) electrons. The Balaban J connectivity index is 2.12. The van der Waals surface area contributed by atoms with Gasteiger partial charge in [-0.3, -0.25) is 0 Å². The first-order valence-corrected chi connectivity index (χ1v) is 7.98. The van der Waals surface area contributed by atoms with E-state index in [0.29, 0.717) is 0 Å². The van der Waals surface area contributed by atoms with E-state index in [1.165, 1.54) is 56.9 Å². The zero-order valence-electron chi connectivity index (χ0n) is 11.3. The predicted molar refractivity (Wildman–Crippen MR) is 82.6 cm³/mol. The van der Waals surface area contributed by atoms with Gasteiger partial charge in [0, 0.05) is 0 Å². The molecule has 0 atom stereocenters. The van der Waals surface area contributed by atoms with E-state index in [-0.39, 0.29) is 0 Å². The highest BCUT2D eigenvalue weighted by atomic mass is 35.5. The van der Waals surface area contributed by atoms with Gasteiger partial charge in [-0.2, -0.15) is 0 Å². The van der Waals surface area contributed by atoms with Crippen molar-refractivity contribution in [3.63, 3.8) is 0 Å². The molecule has 0 spiro atoms. The van der Waals surface area contributed by atoms with Gasteiger partial charge in [0.1, 0.15) is 4.84 Å². The zero-order chi connectivity index (χ0) is 13.2. The molecule has 0 unspecified atom stereocenters. The van der Waals surface area contributed by atoms with Crippen LogP contribution in [-0.4, -0.2) is 0 Å². The summed E-state index contributed by atoms with van der Waals surface area (Å²) in [6.45, 7) is 2.26. The van der Waals surface area contributed by atoms with E-state index in [1.54, 1.807) is 0 Å². The van der Waals surface area contributed by atoms with Crippen molar-refractivity contribution in [3.8, 4) is 0 Å². The van der Waals surface area contributed by atoms with Crippen LogP contribution in [0.2, 0.25) is 0 Å². The lowest BCUT2D eigenvalue weighted by Gasteiger charge is -2.05. The van der Waals surface area contributed by atoms with Crippen LogP contribution in [0.15, 0.2) is 24.3 Å². The van der Waals surface area contributed by atoms with Gasteiger partial charge in [0.25, 0.3) is 0 Å². The fraction of sp³-hybridized carbons (Fsp3) is 0.625. The monoisotopic (exact) mass is 286 g/mol. The van der Waals surface area contributed by atoms with E-state index in [0.717, 1.165) is 5.56 Å². The molecule has 0 fully saturated rings. The summed E-state index contributed by atoms with van der Waals surface area (Å²) in [5.41, 5.74) is 2.38. The minimum absolute atomic E-state index is 0.405. The van der Waals surface area contributed by atoms with Crippen molar-refractivity contribution >= 4 is 23.2 Å². The first kappa shape index (κ1) is 15.9. The van der Waals surface area contributed by atoms with Crippen molar-refractivity contribution in [1.29, 1.82) is 0 Å². The largest absolute Gasteiger partial charge is 0.132 e. The van der Waals surface area contributed by atoms with Crippen molar-refractivity contribution in [2.45, 2.75) is 63.1 Å². The minimum atomic E-state index is -0.405. The molecule has 2 heteroatoms. The van der Waals surface area contributed by atoms with Gasteiger partial charge in [-0.05, 0) is 24.0 Å². The maximum absolute atomic E-state index is 5.81. The molecule has 102 valence electrons. The number of aryl methyl sites for hydroxylation is 1. The molecule has 0 aliphatic heterocycles. The maximum atomic E-state index is 5.81. The van der Waals surface area contributed by atoms with Crippen LogP contribution in [0.5, 0.6) is 0 Å². The van der Waals surface area contributed by atoms with Crippen LogP contribution in [0.1, 0.15) is 67.8 Å². The fourth-order valence-corrected chi connectivity index (χ4v) is 2.41.